The van der Waals surface area contributed by atoms with Crippen molar-refractivity contribution in [2.24, 2.45) is 0 Å². The summed E-state index contributed by atoms with van der Waals surface area (Å²) >= 11 is 0. The van der Waals surface area contributed by atoms with Crippen LogP contribution in [-0.4, -0.2) is 68.5 Å². The van der Waals surface area contributed by atoms with Gasteiger partial charge < -0.3 is 28.8 Å². The third-order valence-corrected chi connectivity index (χ3v) is 10.6. The number of carbonyl (C=O) groups excluding carboxylic acids is 1. The highest BCUT2D eigenvalue weighted by Gasteiger charge is 2.23. The van der Waals surface area contributed by atoms with Crippen LogP contribution in [-0.2, 0) is 18.4 Å². The molecule has 0 bridgehead atoms. The Bertz CT molecular complexity index is 907. The minimum absolute atomic E-state index is 0.00437. The number of quaternary nitrogens is 1. The van der Waals surface area contributed by atoms with E-state index in [1.807, 2.05) is 27.2 Å². The number of aliphatic hydroxyl groups excluding tert-OH is 1. The highest BCUT2D eigenvalue weighted by molar-refractivity contribution is 7.45. The Morgan fingerprint density at radius 2 is 1.08 bits per heavy atom. The molecule has 0 fully saturated rings. The predicted molar refractivity (Wildman–Crippen MR) is 219 cm³/mol. The smallest absolute Gasteiger partial charge is 0.268 e. The van der Waals surface area contributed by atoms with Crippen LogP contribution < -0.4 is 10.2 Å². The van der Waals surface area contributed by atoms with E-state index in [-0.39, 0.29) is 19.1 Å². The van der Waals surface area contributed by atoms with E-state index in [9.17, 15) is 19.4 Å². The van der Waals surface area contributed by atoms with Gasteiger partial charge in [-0.2, -0.15) is 0 Å². The lowest BCUT2D eigenvalue weighted by molar-refractivity contribution is -0.870. The Kier molecular flexibility index (Phi) is 35.0. The molecule has 0 aromatic carbocycles. The van der Waals surface area contributed by atoms with Gasteiger partial charge in [-0.05, 0) is 32.1 Å². The van der Waals surface area contributed by atoms with Crippen LogP contribution in [0, 0.1) is 0 Å². The second-order valence-corrected chi connectivity index (χ2v) is 17.5. The van der Waals surface area contributed by atoms with Crippen molar-refractivity contribution in [3.63, 3.8) is 0 Å². The normalized spacial score (nSPS) is 14.7. The lowest BCUT2D eigenvalue weighted by Gasteiger charge is -2.29. The summed E-state index contributed by atoms with van der Waals surface area (Å²) in [6.45, 7) is 4.62. The number of carbonyl (C=O) groups is 1. The highest BCUT2D eigenvalue weighted by atomic mass is 31.2. The number of allylic oxidation sites excluding steroid dienone is 3. The fraction of sp³-hybridized carbons (Fsp3) is 0.884. The number of nitrogens with zero attached hydrogens (tertiary/aromatic N) is 1. The lowest BCUT2D eigenvalue weighted by atomic mass is 10.0. The third-order valence-electron chi connectivity index (χ3n) is 9.66. The minimum Gasteiger partial charge on any atom is -0.756 e. The number of unbranched alkanes of at least 4 members (excludes halogenated alkanes) is 24. The number of hydrogen-bond donors (Lipinski definition) is 2. The summed E-state index contributed by atoms with van der Waals surface area (Å²) in [5, 5.41) is 13.7. The van der Waals surface area contributed by atoms with E-state index in [1.165, 1.54) is 135 Å². The Morgan fingerprint density at radius 3 is 1.56 bits per heavy atom. The molecule has 308 valence electrons. The van der Waals surface area contributed by atoms with Crippen molar-refractivity contribution in [3.8, 4) is 0 Å². The quantitative estimate of drug-likeness (QED) is 0.0280. The molecule has 0 spiro atoms. The maximum atomic E-state index is 12.8. The number of amides is 1. The molecule has 0 aromatic rings. The number of nitrogens with one attached hydrogen (secondary N) is 1. The Balaban J connectivity index is 4.48. The van der Waals surface area contributed by atoms with E-state index in [0.29, 0.717) is 17.4 Å². The molecule has 3 unspecified atom stereocenters. The van der Waals surface area contributed by atoms with Crippen molar-refractivity contribution in [2.75, 3.05) is 40.9 Å². The van der Waals surface area contributed by atoms with Gasteiger partial charge in [0.1, 0.15) is 13.2 Å². The maximum absolute atomic E-state index is 12.8. The van der Waals surface area contributed by atoms with Crippen molar-refractivity contribution < 1.29 is 32.9 Å². The molecule has 0 saturated heterocycles. The maximum Gasteiger partial charge on any atom is 0.268 e. The zero-order valence-electron chi connectivity index (χ0n) is 34.8. The Labute approximate surface area is 322 Å². The summed E-state index contributed by atoms with van der Waals surface area (Å²) in [4.78, 5) is 25.2. The lowest BCUT2D eigenvalue weighted by Crippen LogP contribution is -2.45. The van der Waals surface area contributed by atoms with Crippen LogP contribution in [0.3, 0.4) is 0 Å². The molecule has 1 amide bonds. The number of likely N-dealkylation sites (N-methyl/N-ethyl adjacent to an activating group) is 1. The molecule has 0 aliphatic rings. The monoisotopic (exact) mass is 757 g/mol. The minimum atomic E-state index is -4.59. The second kappa shape index (κ2) is 35.7. The standard InChI is InChI=1S/C43H85N2O6P/c1-6-8-10-12-14-16-18-20-22-24-26-28-30-32-34-36-42(46)41(40-51-52(48,49)50-39-38-45(3,4)5)44-43(47)37-35-33-31-29-27-25-23-21-19-17-15-13-11-9-7-2/h26,28,34,36,41-42,46H,6-25,27,29-33,35,37-40H2,1-5H3,(H-,44,47,48,49)/b28-26+,36-34+. The SMILES string of the molecule is CCCCCCCCCCC/C=C/CC/C=C/C(O)C(COP(=O)([O-])OCC[N+](C)(C)C)NC(=O)CCCCCCCCCCCCCCCCC. The van der Waals surface area contributed by atoms with Crippen LogP contribution >= 0.6 is 7.82 Å². The van der Waals surface area contributed by atoms with Gasteiger partial charge in [0.25, 0.3) is 7.82 Å². The summed E-state index contributed by atoms with van der Waals surface area (Å²) in [5.74, 6) is -0.207. The molecule has 2 N–H and O–H groups in total. The van der Waals surface area contributed by atoms with Gasteiger partial charge in [0, 0.05) is 6.42 Å². The van der Waals surface area contributed by atoms with E-state index in [0.717, 1.165) is 38.5 Å². The zero-order valence-corrected chi connectivity index (χ0v) is 35.7. The first kappa shape index (κ1) is 51.0. The molecule has 52 heavy (non-hydrogen) atoms. The van der Waals surface area contributed by atoms with E-state index in [4.69, 9.17) is 9.05 Å². The number of hydrogen-bond acceptors (Lipinski definition) is 6. The molecular formula is C43H85N2O6P. The summed E-state index contributed by atoms with van der Waals surface area (Å²) < 4.78 is 23.1. The van der Waals surface area contributed by atoms with Gasteiger partial charge in [0.2, 0.25) is 5.91 Å². The summed E-state index contributed by atoms with van der Waals surface area (Å²) in [6.07, 6.45) is 40.8. The Hall–Kier alpha value is -1.02. The molecule has 0 aliphatic carbocycles. The predicted octanol–water partition coefficient (Wildman–Crippen LogP) is 11.1. The van der Waals surface area contributed by atoms with Gasteiger partial charge in [-0.25, -0.2) is 0 Å². The first-order valence-electron chi connectivity index (χ1n) is 21.7. The van der Waals surface area contributed by atoms with Crippen molar-refractivity contribution in [1.29, 1.82) is 0 Å². The van der Waals surface area contributed by atoms with E-state index in [1.54, 1.807) is 6.08 Å². The molecule has 0 rings (SSSR count). The van der Waals surface area contributed by atoms with Gasteiger partial charge in [-0.1, -0.05) is 179 Å². The molecule has 0 saturated carbocycles. The molecule has 0 aliphatic heterocycles. The van der Waals surface area contributed by atoms with Gasteiger partial charge in [-0.15, -0.1) is 0 Å². The summed E-state index contributed by atoms with van der Waals surface area (Å²) in [5.41, 5.74) is 0. The molecule has 0 radical (unpaired) electrons. The number of rotatable bonds is 39. The molecule has 9 heteroatoms. The zero-order chi connectivity index (χ0) is 38.6. The fourth-order valence-corrected chi connectivity index (χ4v) is 6.89. The van der Waals surface area contributed by atoms with E-state index < -0.39 is 20.0 Å². The van der Waals surface area contributed by atoms with Crippen LogP contribution in [0.15, 0.2) is 24.3 Å². The van der Waals surface area contributed by atoms with Crippen molar-refractivity contribution in [2.45, 2.75) is 206 Å². The molecule has 0 heterocycles. The van der Waals surface area contributed by atoms with Crippen LogP contribution in [0.5, 0.6) is 0 Å². The highest BCUT2D eigenvalue weighted by Crippen LogP contribution is 2.38. The van der Waals surface area contributed by atoms with Crippen molar-refractivity contribution in [3.05, 3.63) is 24.3 Å². The Morgan fingerprint density at radius 1 is 0.654 bits per heavy atom. The topological polar surface area (TPSA) is 108 Å². The number of phosphoric ester groups is 1. The van der Waals surface area contributed by atoms with Crippen LogP contribution in [0.25, 0.3) is 0 Å². The number of aliphatic hydroxyl groups is 1. The van der Waals surface area contributed by atoms with Crippen LogP contribution in [0.4, 0.5) is 0 Å². The molecular weight excluding hydrogens is 671 g/mol. The molecule has 8 nitrogen and oxygen atoms in total. The van der Waals surface area contributed by atoms with E-state index in [2.05, 4.69) is 31.3 Å². The average Bonchev–Trinajstić information content (AvgIpc) is 3.09. The largest absolute Gasteiger partial charge is 0.756 e. The summed E-state index contributed by atoms with van der Waals surface area (Å²) in [6, 6.07) is -0.897. The van der Waals surface area contributed by atoms with Gasteiger partial charge >= 0.3 is 0 Å². The molecule has 3 atom stereocenters. The van der Waals surface area contributed by atoms with Crippen molar-refractivity contribution in [1.82, 2.24) is 5.32 Å². The summed E-state index contributed by atoms with van der Waals surface area (Å²) in [7, 11) is 1.25. The van der Waals surface area contributed by atoms with Crippen LogP contribution in [0.1, 0.15) is 194 Å². The first-order chi connectivity index (χ1) is 25.0. The van der Waals surface area contributed by atoms with Crippen LogP contribution in [0.2, 0.25) is 0 Å². The first-order valence-corrected chi connectivity index (χ1v) is 23.2. The molecule has 0 aromatic heterocycles. The average molecular weight is 757 g/mol. The van der Waals surface area contributed by atoms with Gasteiger partial charge in [-0.3, -0.25) is 9.36 Å². The fourth-order valence-electron chi connectivity index (χ4n) is 6.17. The van der Waals surface area contributed by atoms with Crippen molar-refractivity contribution >= 4 is 13.7 Å². The van der Waals surface area contributed by atoms with Gasteiger partial charge in [0.15, 0.2) is 0 Å². The number of phosphoric acid groups is 1. The van der Waals surface area contributed by atoms with Gasteiger partial charge in [0.05, 0.1) is 39.9 Å². The third kappa shape index (κ3) is 37.3. The second-order valence-electron chi connectivity index (χ2n) is 16.0. The van der Waals surface area contributed by atoms with E-state index >= 15 is 0 Å².